The molecule has 27 heavy (non-hydrogen) atoms. The summed E-state index contributed by atoms with van der Waals surface area (Å²) in [4.78, 5) is 15.3. The number of piperidine rings is 1. The number of hydrogen-bond donors (Lipinski definition) is 0. The van der Waals surface area contributed by atoms with Crippen molar-refractivity contribution in [1.29, 1.82) is 0 Å². The number of benzene rings is 1. The van der Waals surface area contributed by atoms with Crippen molar-refractivity contribution in [1.82, 2.24) is 9.91 Å². The van der Waals surface area contributed by atoms with Crippen LogP contribution >= 0.6 is 11.6 Å². The molecule has 0 radical (unpaired) electrons. The first-order valence-electron chi connectivity index (χ1n) is 9.62. The summed E-state index contributed by atoms with van der Waals surface area (Å²) in [7, 11) is 0. The summed E-state index contributed by atoms with van der Waals surface area (Å²) < 4.78 is 5.60. The van der Waals surface area contributed by atoms with Crippen LogP contribution in [0.2, 0.25) is 5.02 Å². The molecule has 4 rings (SSSR count). The summed E-state index contributed by atoms with van der Waals surface area (Å²) in [6, 6.07) is 11.2. The van der Waals surface area contributed by atoms with Crippen LogP contribution in [-0.2, 0) is 4.79 Å². The van der Waals surface area contributed by atoms with Crippen LogP contribution in [0.4, 0.5) is 0 Å². The maximum Gasteiger partial charge on any atom is 0.244 e. The minimum absolute atomic E-state index is 0.0472. The van der Waals surface area contributed by atoms with E-state index in [1.165, 1.54) is 19.3 Å². The van der Waals surface area contributed by atoms with E-state index in [1.807, 2.05) is 36.4 Å². The zero-order valence-electron chi connectivity index (χ0n) is 15.3. The second-order valence-corrected chi connectivity index (χ2v) is 7.62. The molecule has 3 heterocycles. The van der Waals surface area contributed by atoms with E-state index in [2.05, 4.69) is 10.0 Å². The lowest BCUT2D eigenvalue weighted by atomic mass is 10.0. The van der Waals surface area contributed by atoms with E-state index in [-0.39, 0.29) is 11.9 Å². The van der Waals surface area contributed by atoms with E-state index >= 15 is 0 Å². The van der Waals surface area contributed by atoms with Crippen molar-refractivity contribution in [2.45, 2.75) is 38.1 Å². The molecule has 2 aromatic rings. The molecule has 0 saturated carbocycles. The third kappa shape index (κ3) is 4.25. The van der Waals surface area contributed by atoms with Gasteiger partial charge in [-0.15, -0.1) is 0 Å². The number of halogens is 1. The van der Waals surface area contributed by atoms with Crippen molar-refractivity contribution in [2.75, 3.05) is 19.6 Å². The van der Waals surface area contributed by atoms with Gasteiger partial charge in [0.05, 0.1) is 12.0 Å². The maximum atomic E-state index is 13.0. The Hall–Kier alpha value is -2.11. The predicted octanol–water partition coefficient (Wildman–Crippen LogP) is 4.49. The van der Waals surface area contributed by atoms with Crippen LogP contribution in [0, 0.1) is 0 Å². The molecule has 2 aliphatic heterocycles. The van der Waals surface area contributed by atoms with E-state index in [4.69, 9.17) is 16.0 Å². The SMILES string of the molecule is O=C(CCN1CCCCC1)N1N=C(c2ccc(Cl)cc2)CC1c1ccco1. The molecule has 1 aromatic heterocycles. The van der Waals surface area contributed by atoms with Crippen LogP contribution in [0.15, 0.2) is 52.2 Å². The van der Waals surface area contributed by atoms with Gasteiger partial charge in [-0.1, -0.05) is 30.2 Å². The van der Waals surface area contributed by atoms with Crippen molar-refractivity contribution in [2.24, 2.45) is 5.10 Å². The fourth-order valence-electron chi connectivity index (χ4n) is 3.81. The second-order valence-electron chi connectivity index (χ2n) is 7.18. The van der Waals surface area contributed by atoms with Gasteiger partial charge in [-0.2, -0.15) is 5.10 Å². The van der Waals surface area contributed by atoms with E-state index < -0.39 is 0 Å². The van der Waals surface area contributed by atoms with Crippen molar-refractivity contribution >= 4 is 23.2 Å². The van der Waals surface area contributed by atoms with Crippen LogP contribution < -0.4 is 0 Å². The fourth-order valence-corrected chi connectivity index (χ4v) is 3.94. The second kappa shape index (κ2) is 8.28. The zero-order valence-corrected chi connectivity index (χ0v) is 16.1. The van der Waals surface area contributed by atoms with E-state index in [0.29, 0.717) is 17.9 Å². The van der Waals surface area contributed by atoms with Crippen LogP contribution in [0.3, 0.4) is 0 Å². The average Bonchev–Trinajstić information content (AvgIpc) is 3.37. The molecule has 0 bridgehead atoms. The molecule has 1 unspecified atom stereocenters. The van der Waals surface area contributed by atoms with Crippen molar-refractivity contribution in [3.8, 4) is 0 Å². The number of carbonyl (C=O) groups excluding carboxylic acids is 1. The largest absolute Gasteiger partial charge is 0.467 e. The minimum Gasteiger partial charge on any atom is -0.467 e. The molecule has 5 nitrogen and oxygen atoms in total. The Balaban J connectivity index is 1.50. The van der Waals surface area contributed by atoms with Gasteiger partial charge in [-0.05, 0) is 55.8 Å². The fraction of sp³-hybridized carbons (Fsp3) is 0.429. The first-order chi connectivity index (χ1) is 13.2. The molecule has 0 aliphatic carbocycles. The number of likely N-dealkylation sites (tertiary alicyclic amines) is 1. The molecular weight excluding hydrogens is 362 g/mol. The predicted molar refractivity (Wildman–Crippen MR) is 106 cm³/mol. The number of nitrogens with zero attached hydrogens (tertiary/aromatic N) is 3. The quantitative estimate of drug-likeness (QED) is 0.762. The zero-order chi connectivity index (χ0) is 18.6. The Morgan fingerprint density at radius 1 is 1.15 bits per heavy atom. The number of rotatable bonds is 5. The molecule has 142 valence electrons. The molecule has 1 amide bonds. The number of hydrogen-bond acceptors (Lipinski definition) is 4. The highest BCUT2D eigenvalue weighted by Crippen LogP contribution is 2.33. The topological polar surface area (TPSA) is 49.1 Å². The number of amides is 1. The lowest BCUT2D eigenvalue weighted by molar-refractivity contribution is -0.133. The molecule has 0 N–H and O–H groups in total. The Bertz CT molecular complexity index is 795. The molecule has 1 aromatic carbocycles. The van der Waals surface area contributed by atoms with Crippen LogP contribution in [0.5, 0.6) is 0 Å². The van der Waals surface area contributed by atoms with Crippen LogP contribution in [0.1, 0.15) is 49.5 Å². The van der Waals surface area contributed by atoms with Gasteiger partial charge in [-0.25, -0.2) is 5.01 Å². The number of furan rings is 1. The van der Waals surface area contributed by atoms with E-state index in [1.54, 1.807) is 11.3 Å². The molecule has 1 saturated heterocycles. The van der Waals surface area contributed by atoms with Crippen molar-refractivity contribution < 1.29 is 9.21 Å². The highest BCUT2D eigenvalue weighted by Gasteiger charge is 2.34. The molecular formula is C21H24ClN3O2. The van der Waals surface area contributed by atoms with Crippen LogP contribution in [-0.4, -0.2) is 41.2 Å². The van der Waals surface area contributed by atoms with E-state index in [0.717, 1.165) is 36.7 Å². The maximum absolute atomic E-state index is 13.0. The van der Waals surface area contributed by atoms with Gasteiger partial charge in [0, 0.05) is 24.4 Å². The third-order valence-electron chi connectivity index (χ3n) is 5.31. The van der Waals surface area contributed by atoms with Crippen molar-refractivity contribution in [3.63, 3.8) is 0 Å². The third-order valence-corrected chi connectivity index (χ3v) is 5.56. The minimum atomic E-state index is -0.181. The van der Waals surface area contributed by atoms with Gasteiger partial charge >= 0.3 is 0 Å². The van der Waals surface area contributed by atoms with Crippen molar-refractivity contribution in [3.05, 3.63) is 59.0 Å². The highest BCUT2D eigenvalue weighted by atomic mass is 35.5. The van der Waals surface area contributed by atoms with Gasteiger partial charge in [-0.3, -0.25) is 4.79 Å². The molecule has 6 heteroatoms. The summed E-state index contributed by atoms with van der Waals surface area (Å²) in [6.07, 6.45) is 6.52. The summed E-state index contributed by atoms with van der Waals surface area (Å²) in [5.74, 6) is 0.819. The summed E-state index contributed by atoms with van der Waals surface area (Å²) >= 11 is 6.00. The Morgan fingerprint density at radius 2 is 1.93 bits per heavy atom. The Labute approximate surface area is 164 Å². The standard InChI is InChI=1S/C21H24ClN3O2/c22-17-8-6-16(7-9-17)18-15-19(20-5-4-14-27-20)25(23-18)21(26)10-13-24-11-2-1-3-12-24/h4-9,14,19H,1-3,10-13,15H2. The Kier molecular flexibility index (Phi) is 5.60. The van der Waals surface area contributed by atoms with Gasteiger partial charge in [0.25, 0.3) is 0 Å². The van der Waals surface area contributed by atoms with Gasteiger partial charge in [0.2, 0.25) is 5.91 Å². The summed E-state index contributed by atoms with van der Waals surface area (Å²) in [6.45, 7) is 2.98. The monoisotopic (exact) mass is 385 g/mol. The molecule has 1 atom stereocenters. The molecule has 2 aliphatic rings. The number of carbonyl (C=O) groups is 1. The number of hydrazone groups is 1. The van der Waals surface area contributed by atoms with Gasteiger partial charge in [0.1, 0.15) is 11.8 Å². The average molecular weight is 386 g/mol. The highest BCUT2D eigenvalue weighted by molar-refractivity contribution is 6.30. The first-order valence-corrected chi connectivity index (χ1v) is 10.00. The van der Waals surface area contributed by atoms with Gasteiger partial charge in [0.15, 0.2) is 0 Å². The van der Waals surface area contributed by atoms with Gasteiger partial charge < -0.3 is 9.32 Å². The smallest absolute Gasteiger partial charge is 0.244 e. The lowest BCUT2D eigenvalue weighted by Crippen LogP contribution is -2.34. The Morgan fingerprint density at radius 3 is 2.63 bits per heavy atom. The lowest BCUT2D eigenvalue weighted by Gasteiger charge is -2.27. The first kappa shape index (κ1) is 18.3. The summed E-state index contributed by atoms with van der Waals surface area (Å²) in [5, 5.41) is 6.97. The summed E-state index contributed by atoms with van der Waals surface area (Å²) in [5.41, 5.74) is 1.88. The molecule has 1 fully saturated rings. The normalized spacial score (nSPS) is 20.7. The molecule has 0 spiro atoms. The van der Waals surface area contributed by atoms with Crippen LogP contribution in [0.25, 0.3) is 0 Å². The van der Waals surface area contributed by atoms with E-state index in [9.17, 15) is 4.79 Å².